The smallest absolute Gasteiger partial charge is 0.244 e. The lowest BCUT2D eigenvalue weighted by Gasteiger charge is -2.34. The maximum Gasteiger partial charge on any atom is 0.244 e. The zero-order valence-corrected chi connectivity index (χ0v) is 20.6. The predicted molar refractivity (Wildman–Crippen MR) is 125 cm³/mol. The first kappa shape index (κ1) is 26.6. The van der Waals surface area contributed by atoms with Gasteiger partial charge in [-0.15, -0.1) is 0 Å². The number of rotatable bonds is 10. The topological polar surface area (TPSA) is 102 Å². The Hall–Kier alpha value is -1.67. The van der Waals surface area contributed by atoms with Crippen LogP contribution in [0, 0.1) is 11.8 Å². The monoisotopic (exact) mass is 452 g/mol. The van der Waals surface area contributed by atoms with Gasteiger partial charge in [0.05, 0.1) is 12.1 Å². The molecule has 2 aliphatic heterocycles. The Bertz CT molecular complexity index is 635. The van der Waals surface area contributed by atoms with Crippen LogP contribution in [0.15, 0.2) is 0 Å². The van der Waals surface area contributed by atoms with E-state index in [0.717, 1.165) is 45.2 Å². The second-order valence-corrected chi connectivity index (χ2v) is 9.96. The third kappa shape index (κ3) is 7.17. The van der Waals surface area contributed by atoms with E-state index in [-0.39, 0.29) is 29.7 Å². The van der Waals surface area contributed by atoms with Crippen LogP contribution in [-0.4, -0.2) is 76.6 Å². The van der Waals surface area contributed by atoms with Gasteiger partial charge in [-0.2, -0.15) is 0 Å². The van der Waals surface area contributed by atoms with Crippen LogP contribution < -0.4 is 10.6 Å². The highest BCUT2D eigenvalue weighted by atomic mass is 16.3. The Labute approximate surface area is 193 Å². The van der Waals surface area contributed by atoms with Crippen LogP contribution in [0.1, 0.15) is 79.6 Å². The molecule has 0 aromatic carbocycles. The number of carbonyl (C=O) groups is 3. The van der Waals surface area contributed by atoms with Gasteiger partial charge in [0.2, 0.25) is 17.7 Å². The van der Waals surface area contributed by atoms with Gasteiger partial charge in [-0.05, 0) is 50.9 Å². The molecule has 0 saturated carbocycles. The average Bonchev–Trinajstić information content (AvgIpc) is 3.27. The van der Waals surface area contributed by atoms with Crippen molar-refractivity contribution in [3.63, 3.8) is 0 Å². The second-order valence-electron chi connectivity index (χ2n) is 9.96. The van der Waals surface area contributed by atoms with Gasteiger partial charge in [0, 0.05) is 26.1 Å². The summed E-state index contributed by atoms with van der Waals surface area (Å²) in [6.07, 6.45) is 5.11. The molecular weight excluding hydrogens is 408 g/mol. The predicted octanol–water partition coefficient (Wildman–Crippen LogP) is 1.86. The molecular formula is C24H44N4O4. The molecule has 0 aliphatic carbocycles. The van der Waals surface area contributed by atoms with Crippen LogP contribution >= 0.6 is 0 Å². The van der Waals surface area contributed by atoms with E-state index in [1.165, 1.54) is 0 Å². The fourth-order valence-corrected chi connectivity index (χ4v) is 4.61. The molecule has 3 N–H and O–H groups in total. The van der Waals surface area contributed by atoms with Gasteiger partial charge < -0.3 is 20.2 Å². The van der Waals surface area contributed by atoms with Crippen molar-refractivity contribution in [3.8, 4) is 0 Å². The molecule has 32 heavy (non-hydrogen) atoms. The summed E-state index contributed by atoms with van der Waals surface area (Å²) in [5.41, 5.74) is 0. The zero-order valence-electron chi connectivity index (χ0n) is 20.6. The number of aliphatic hydroxyl groups is 1. The Morgan fingerprint density at radius 1 is 1.00 bits per heavy atom. The number of amides is 3. The van der Waals surface area contributed by atoms with E-state index in [2.05, 4.69) is 24.5 Å². The molecule has 0 aromatic rings. The first-order valence-corrected chi connectivity index (χ1v) is 12.5. The van der Waals surface area contributed by atoms with Gasteiger partial charge in [0.1, 0.15) is 12.3 Å². The summed E-state index contributed by atoms with van der Waals surface area (Å²) in [4.78, 5) is 42.0. The van der Waals surface area contributed by atoms with Crippen molar-refractivity contribution in [2.45, 2.75) is 104 Å². The van der Waals surface area contributed by atoms with Crippen molar-refractivity contribution < 1.29 is 19.5 Å². The van der Waals surface area contributed by atoms with E-state index >= 15 is 0 Å². The first-order valence-electron chi connectivity index (χ1n) is 12.5. The van der Waals surface area contributed by atoms with Gasteiger partial charge in [0.15, 0.2) is 0 Å². The molecule has 8 nitrogen and oxygen atoms in total. The van der Waals surface area contributed by atoms with Crippen molar-refractivity contribution in [2.24, 2.45) is 11.8 Å². The first-order chi connectivity index (χ1) is 15.1. The molecule has 2 heterocycles. The summed E-state index contributed by atoms with van der Waals surface area (Å²) in [5, 5.41) is 16.8. The van der Waals surface area contributed by atoms with E-state index in [9.17, 15) is 19.5 Å². The maximum absolute atomic E-state index is 13.0. The van der Waals surface area contributed by atoms with Crippen LogP contribution in [0.5, 0.6) is 0 Å². The number of piperidine rings is 1. The normalized spacial score (nSPS) is 23.0. The second kappa shape index (κ2) is 12.5. The number of aliphatic hydroxyl groups excluding tert-OH is 1. The number of nitrogens with one attached hydrogen (secondary N) is 2. The molecule has 0 bridgehead atoms. The SMILES string of the molecule is CC[C@H](C)CC(=O)N1CCC[C@H]1C(O)NC(C(=O)NC(C)C(=O)N1CCCCC1)C(C)C. The lowest BCUT2D eigenvalue weighted by Crippen LogP contribution is -2.59. The molecule has 8 heteroatoms. The Kier molecular flexibility index (Phi) is 10.4. The fourth-order valence-electron chi connectivity index (χ4n) is 4.61. The van der Waals surface area contributed by atoms with Gasteiger partial charge in [-0.25, -0.2) is 0 Å². The van der Waals surface area contributed by atoms with Crippen LogP contribution in [0.2, 0.25) is 0 Å². The van der Waals surface area contributed by atoms with Gasteiger partial charge >= 0.3 is 0 Å². The maximum atomic E-state index is 13.0. The van der Waals surface area contributed by atoms with E-state index in [4.69, 9.17) is 0 Å². The molecule has 0 spiro atoms. The lowest BCUT2D eigenvalue weighted by molar-refractivity contribution is -0.138. The van der Waals surface area contributed by atoms with Crippen molar-refractivity contribution in [1.29, 1.82) is 0 Å². The molecule has 2 saturated heterocycles. The Balaban J connectivity index is 1.96. The highest BCUT2D eigenvalue weighted by Crippen LogP contribution is 2.23. The van der Waals surface area contributed by atoms with Crippen LogP contribution in [0.4, 0.5) is 0 Å². The summed E-state index contributed by atoms with van der Waals surface area (Å²) in [7, 11) is 0. The largest absolute Gasteiger partial charge is 0.376 e. The molecule has 3 unspecified atom stereocenters. The Morgan fingerprint density at radius 3 is 2.25 bits per heavy atom. The molecule has 184 valence electrons. The Morgan fingerprint density at radius 2 is 1.66 bits per heavy atom. The van der Waals surface area contributed by atoms with Gasteiger partial charge in [-0.1, -0.05) is 34.1 Å². The summed E-state index contributed by atoms with van der Waals surface area (Å²) in [5.74, 6) is -0.0744. The minimum Gasteiger partial charge on any atom is -0.376 e. The quantitative estimate of drug-likeness (QED) is 0.439. The summed E-state index contributed by atoms with van der Waals surface area (Å²) >= 11 is 0. The number of nitrogens with zero attached hydrogens (tertiary/aromatic N) is 2. The molecule has 5 atom stereocenters. The number of carbonyl (C=O) groups excluding carboxylic acids is 3. The highest BCUT2D eigenvalue weighted by molar-refractivity contribution is 5.89. The molecule has 2 fully saturated rings. The van der Waals surface area contributed by atoms with E-state index in [1.54, 1.807) is 11.8 Å². The molecule has 3 amide bonds. The number of hydrogen-bond acceptors (Lipinski definition) is 5. The number of hydrogen-bond donors (Lipinski definition) is 3. The average molecular weight is 453 g/mol. The van der Waals surface area contributed by atoms with Gasteiger partial charge in [0.25, 0.3) is 0 Å². The lowest BCUT2D eigenvalue weighted by atomic mass is 10.0. The van der Waals surface area contributed by atoms with Crippen LogP contribution in [0.25, 0.3) is 0 Å². The van der Waals surface area contributed by atoms with Crippen molar-refractivity contribution in [2.75, 3.05) is 19.6 Å². The third-order valence-corrected chi connectivity index (χ3v) is 6.90. The fraction of sp³-hybridized carbons (Fsp3) is 0.875. The summed E-state index contributed by atoms with van der Waals surface area (Å²) in [6.45, 7) is 11.8. The van der Waals surface area contributed by atoms with E-state index in [0.29, 0.717) is 25.3 Å². The van der Waals surface area contributed by atoms with E-state index < -0.39 is 18.3 Å². The standard InChI is InChI=1S/C24H44N4O4/c1-6-17(4)15-20(29)28-14-10-11-19(28)22(30)26-21(16(2)3)23(31)25-18(5)24(32)27-12-8-7-9-13-27/h16-19,21-22,26,30H,6-15H2,1-5H3,(H,25,31)/t17-,18?,19-,21?,22?/m0/s1. The number of likely N-dealkylation sites (tertiary alicyclic amines) is 2. The highest BCUT2D eigenvalue weighted by Gasteiger charge is 2.37. The minimum atomic E-state index is -0.996. The van der Waals surface area contributed by atoms with Crippen LogP contribution in [0.3, 0.4) is 0 Å². The molecule has 0 radical (unpaired) electrons. The third-order valence-electron chi connectivity index (χ3n) is 6.90. The van der Waals surface area contributed by atoms with Crippen molar-refractivity contribution in [1.82, 2.24) is 20.4 Å². The summed E-state index contributed by atoms with van der Waals surface area (Å²) in [6, 6.07) is -1.61. The molecule has 2 rings (SSSR count). The van der Waals surface area contributed by atoms with Gasteiger partial charge in [-0.3, -0.25) is 19.7 Å². The van der Waals surface area contributed by atoms with E-state index in [1.807, 2.05) is 18.7 Å². The van der Waals surface area contributed by atoms with Crippen molar-refractivity contribution >= 4 is 17.7 Å². The molecule has 0 aromatic heterocycles. The zero-order chi connectivity index (χ0) is 23.8. The van der Waals surface area contributed by atoms with Crippen molar-refractivity contribution in [3.05, 3.63) is 0 Å². The summed E-state index contributed by atoms with van der Waals surface area (Å²) < 4.78 is 0. The van der Waals surface area contributed by atoms with Crippen LogP contribution in [-0.2, 0) is 14.4 Å². The minimum absolute atomic E-state index is 0.0567. The molecule has 2 aliphatic rings.